The van der Waals surface area contributed by atoms with Gasteiger partial charge in [-0.2, -0.15) is 11.8 Å². The second-order valence-electron chi connectivity index (χ2n) is 4.19. The molecule has 1 amide bonds. The predicted molar refractivity (Wildman–Crippen MR) is 79.1 cm³/mol. The Kier molecular flexibility index (Phi) is 7.32. The van der Waals surface area contributed by atoms with Gasteiger partial charge in [-0.3, -0.25) is 4.79 Å². The average Bonchev–Trinajstić information content (AvgIpc) is 2.40. The number of aliphatic hydroxyl groups excluding tert-OH is 2. The van der Waals surface area contributed by atoms with Crippen molar-refractivity contribution in [3.8, 4) is 0 Å². The van der Waals surface area contributed by atoms with Crippen molar-refractivity contribution in [3.63, 3.8) is 0 Å². The number of aliphatic hydroxyl groups is 2. The lowest BCUT2D eigenvalue weighted by Crippen LogP contribution is -2.15. The summed E-state index contributed by atoms with van der Waals surface area (Å²) in [7, 11) is 0. The summed E-state index contributed by atoms with van der Waals surface area (Å²) in [4.78, 5) is 11.6. The number of hydrogen-bond acceptors (Lipinski definition) is 5. The van der Waals surface area contributed by atoms with Gasteiger partial charge in [0.05, 0.1) is 12.7 Å². The summed E-state index contributed by atoms with van der Waals surface area (Å²) < 4.78 is 0. The Morgan fingerprint density at radius 3 is 2.68 bits per heavy atom. The van der Waals surface area contributed by atoms with Gasteiger partial charge >= 0.3 is 0 Å². The van der Waals surface area contributed by atoms with Crippen molar-refractivity contribution < 1.29 is 15.0 Å². The fraction of sp³-hybridized carbons (Fsp3) is 0.462. The first-order valence-corrected chi connectivity index (χ1v) is 7.29. The van der Waals surface area contributed by atoms with Crippen LogP contribution in [0.3, 0.4) is 0 Å². The van der Waals surface area contributed by atoms with E-state index in [9.17, 15) is 4.79 Å². The zero-order valence-corrected chi connectivity index (χ0v) is 11.5. The maximum atomic E-state index is 11.6. The van der Waals surface area contributed by atoms with Crippen LogP contribution in [0.15, 0.2) is 24.3 Å². The summed E-state index contributed by atoms with van der Waals surface area (Å²) in [5.74, 6) is 1.25. The Morgan fingerprint density at radius 2 is 2.05 bits per heavy atom. The average molecular weight is 284 g/mol. The minimum atomic E-state index is -0.673. The molecule has 5 N–H and O–H groups in total. The Morgan fingerprint density at radius 1 is 1.37 bits per heavy atom. The van der Waals surface area contributed by atoms with Crippen molar-refractivity contribution in [1.29, 1.82) is 0 Å². The van der Waals surface area contributed by atoms with Crippen molar-refractivity contribution in [1.82, 2.24) is 0 Å². The monoisotopic (exact) mass is 284 g/mol. The third kappa shape index (κ3) is 7.05. The molecule has 0 aliphatic carbocycles. The second kappa shape index (κ2) is 8.79. The molecule has 0 saturated heterocycles. The van der Waals surface area contributed by atoms with E-state index in [0.29, 0.717) is 17.9 Å². The Labute approximate surface area is 117 Å². The van der Waals surface area contributed by atoms with Gasteiger partial charge < -0.3 is 21.3 Å². The first-order chi connectivity index (χ1) is 9.11. The Hall–Kier alpha value is -1.24. The Bertz CT molecular complexity index is 384. The van der Waals surface area contributed by atoms with Crippen LogP contribution in [-0.2, 0) is 4.79 Å². The summed E-state index contributed by atoms with van der Waals surface area (Å²) in [6.07, 6.45) is 0.504. The zero-order chi connectivity index (χ0) is 14.1. The lowest BCUT2D eigenvalue weighted by Gasteiger charge is -2.07. The number of nitrogens with one attached hydrogen (secondary N) is 1. The lowest BCUT2D eigenvalue weighted by molar-refractivity contribution is -0.116. The number of carbonyl (C=O) groups excluding carboxylic acids is 1. The van der Waals surface area contributed by atoms with E-state index in [1.807, 2.05) is 0 Å². The van der Waals surface area contributed by atoms with Gasteiger partial charge in [0, 0.05) is 23.5 Å². The summed E-state index contributed by atoms with van der Waals surface area (Å²) >= 11 is 1.53. The molecule has 0 spiro atoms. The maximum Gasteiger partial charge on any atom is 0.224 e. The molecular formula is C13H20N2O3S. The van der Waals surface area contributed by atoms with Gasteiger partial charge in [-0.25, -0.2) is 0 Å². The number of nitrogen functional groups attached to an aromatic ring is 1. The maximum absolute atomic E-state index is 11.6. The van der Waals surface area contributed by atoms with Gasteiger partial charge in [-0.1, -0.05) is 0 Å². The molecular weight excluding hydrogens is 264 g/mol. The summed E-state index contributed by atoms with van der Waals surface area (Å²) in [5, 5.41) is 20.5. The highest BCUT2D eigenvalue weighted by Gasteiger charge is 2.04. The minimum Gasteiger partial charge on any atom is -0.399 e. The van der Waals surface area contributed by atoms with Crippen LogP contribution in [0.25, 0.3) is 0 Å². The molecule has 1 atom stereocenters. The van der Waals surface area contributed by atoms with Crippen LogP contribution in [0.1, 0.15) is 12.8 Å². The van der Waals surface area contributed by atoms with Gasteiger partial charge in [0.25, 0.3) is 0 Å². The van der Waals surface area contributed by atoms with Gasteiger partial charge in [0.1, 0.15) is 0 Å². The molecule has 1 unspecified atom stereocenters. The standard InChI is InChI=1S/C13H20N2O3S/c14-10-3-5-11(6-4-10)15-13(18)2-1-7-19-9-12(17)8-16/h3-6,12,16-17H,1-2,7-9,14H2,(H,15,18). The molecule has 0 radical (unpaired) electrons. The molecule has 0 aliphatic heterocycles. The second-order valence-corrected chi connectivity index (χ2v) is 5.33. The molecule has 0 heterocycles. The lowest BCUT2D eigenvalue weighted by atomic mass is 10.2. The van der Waals surface area contributed by atoms with E-state index in [2.05, 4.69) is 5.32 Å². The third-order valence-electron chi connectivity index (χ3n) is 2.41. The van der Waals surface area contributed by atoms with Crippen molar-refractivity contribution in [3.05, 3.63) is 24.3 Å². The van der Waals surface area contributed by atoms with Crippen molar-refractivity contribution in [2.24, 2.45) is 0 Å². The van der Waals surface area contributed by atoms with Crippen LogP contribution in [0.4, 0.5) is 11.4 Å². The van der Waals surface area contributed by atoms with Crippen LogP contribution >= 0.6 is 11.8 Å². The van der Waals surface area contributed by atoms with Crippen molar-refractivity contribution in [2.75, 3.05) is 29.2 Å². The molecule has 1 aromatic carbocycles. The zero-order valence-electron chi connectivity index (χ0n) is 10.7. The first-order valence-electron chi connectivity index (χ1n) is 6.14. The molecule has 6 heteroatoms. The fourth-order valence-electron chi connectivity index (χ4n) is 1.40. The summed E-state index contributed by atoms with van der Waals surface area (Å²) in [5.41, 5.74) is 6.96. The van der Waals surface area contributed by atoms with Gasteiger partial charge in [0.2, 0.25) is 5.91 Å². The largest absolute Gasteiger partial charge is 0.399 e. The SMILES string of the molecule is Nc1ccc(NC(=O)CCCSCC(O)CO)cc1. The highest BCUT2D eigenvalue weighted by Crippen LogP contribution is 2.12. The third-order valence-corrected chi connectivity index (χ3v) is 3.61. The highest BCUT2D eigenvalue weighted by molar-refractivity contribution is 7.99. The van der Waals surface area contributed by atoms with E-state index in [4.69, 9.17) is 15.9 Å². The molecule has 1 aromatic rings. The van der Waals surface area contributed by atoms with Gasteiger partial charge in [-0.15, -0.1) is 0 Å². The molecule has 1 rings (SSSR count). The van der Waals surface area contributed by atoms with E-state index < -0.39 is 6.10 Å². The van der Waals surface area contributed by atoms with Crippen LogP contribution in [0, 0.1) is 0 Å². The summed E-state index contributed by atoms with van der Waals surface area (Å²) in [6, 6.07) is 7.00. The van der Waals surface area contributed by atoms with E-state index in [0.717, 1.165) is 17.9 Å². The van der Waals surface area contributed by atoms with E-state index in [-0.39, 0.29) is 12.5 Å². The van der Waals surface area contributed by atoms with E-state index in [1.165, 1.54) is 11.8 Å². The molecule has 106 valence electrons. The van der Waals surface area contributed by atoms with Crippen LogP contribution in [0.2, 0.25) is 0 Å². The number of thioether (sulfide) groups is 1. The van der Waals surface area contributed by atoms with E-state index in [1.54, 1.807) is 24.3 Å². The van der Waals surface area contributed by atoms with Crippen LogP contribution in [0.5, 0.6) is 0 Å². The van der Waals surface area contributed by atoms with E-state index >= 15 is 0 Å². The number of carbonyl (C=O) groups is 1. The smallest absolute Gasteiger partial charge is 0.224 e. The Balaban J connectivity index is 2.13. The molecule has 0 aliphatic rings. The molecule has 0 bridgehead atoms. The fourth-order valence-corrected chi connectivity index (χ4v) is 2.29. The number of hydrogen-bond donors (Lipinski definition) is 4. The normalized spacial score (nSPS) is 12.1. The topological polar surface area (TPSA) is 95.6 Å². The molecule has 5 nitrogen and oxygen atoms in total. The van der Waals surface area contributed by atoms with Gasteiger partial charge in [0.15, 0.2) is 0 Å². The number of benzene rings is 1. The van der Waals surface area contributed by atoms with Crippen LogP contribution in [-0.4, -0.2) is 40.3 Å². The number of rotatable bonds is 8. The van der Waals surface area contributed by atoms with Crippen molar-refractivity contribution in [2.45, 2.75) is 18.9 Å². The highest BCUT2D eigenvalue weighted by atomic mass is 32.2. The van der Waals surface area contributed by atoms with Gasteiger partial charge in [-0.05, 0) is 36.4 Å². The molecule has 19 heavy (non-hydrogen) atoms. The predicted octanol–water partition coefficient (Wildman–Crippen LogP) is 1.07. The number of amides is 1. The number of anilines is 2. The molecule has 0 saturated carbocycles. The van der Waals surface area contributed by atoms with Crippen LogP contribution < -0.4 is 11.1 Å². The quantitative estimate of drug-likeness (QED) is 0.423. The molecule has 0 aromatic heterocycles. The number of nitrogens with two attached hydrogens (primary N) is 1. The minimum absolute atomic E-state index is 0.0342. The summed E-state index contributed by atoms with van der Waals surface area (Å²) in [6.45, 7) is -0.218. The van der Waals surface area contributed by atoms with Crippen molar-refractivity contribution >= 4 is 29.0 Å². The molecule has 0 fully saturated rings. The first kappa shape index (κ1) is 15.8.